The summed E-state index contributed by atoms with van der Waals surface area (Å²) >= 11 is 0. The molecule has 2 aliphatic rings. The van der Waals surface area contributed by atoms with Crippen LogP contribution in [0.25, 0.3) is 0 Å². The zero-order valence-corrected chi connectivity index (χ0v) is 20.7. The number of ether oxygens (including phenoxy) is 1. The second kappa shape index (κ2) is 9.77. The van der Waals surface area contributed by atoms with Crippen LogP contribution in [0.5, 0.6) is 0 Å². The molecule has 0 spiro atoms. The Morgan fingerprint density at radius 3 is 2.80 bits per heavy atom. The molecule has 3 atom stereocenters. The second-order valence-corrected chi connectivity index (χ2v) is 10.1. The standard InChI is InChI=1S/C27H33FN4O3/c1-16-12-17-8-9-20(28)14-21(17)24(16)30-25(34)19-7-5-6-18(13-19)22(10-11-35-4)32-23(33)15-27(2,3)31-26(32)29/h5-9,13-14,16,22,24H,10-12,15H2,1-4H3,(H2,29,31)(H,30,34)/t16-,22-,24+/m1/s1. The van der Waals surface area contributed by atoms with Gasteiger partial charge in [0.05, 0.1) is 24.0 Å². The molecule has 0 unspecified atom stereocenters. The van der Waals surface area contributed by atoms with Crippen LogP contribution < -0.4 is 11.1 Å². The van der Waals surface area contributed by atoms with E-state index in [1.807, 2.05) is 26.8 Å². The van der Waals surface area contributed by atoms with Gasteiger partial charge in [0.1, 0.15) is 5.82 Å². The molecule has 1 aliphatic carbocycles. The molecule has 0 saturated heterocycles. The number of carbonyl (C=O) groups excluding carboxylic acids is 2. The fraction of sp³-hybridized carbons (Fsp3) is 0.444. The first-order chi connectivity index (χ1) is 16.6. The van der Waals surface area contributed by atoms with E-state index in [-0.39, 0.29) is 42.0 Å². The lowest BCUT2D eigenvalue weighted by Crippen LogP contribution is -2.51. The van der Waals surface area contributed by atoms with Crippen molar-refractivity contribution in [1.82, 2.24) is 10.2 Å². The van der Waals surface area contributed by atoms with Crippen molar-refractivity contribution in [2.75, 3.05) is 13.7 Å². The van der Waals surface area contributed by atoms with E-state index in [9.17, 15) is 14.0 Å². The van der Waals surface area contributed by atoms with Gasteiger partial charge in [0.15, 0.2) is 5.96 Å². The summed E-state index contributed by atoms with van der Waals surface area (Å²) in [5.41, 5.74) is 8.79. The van der Waals surface area contributed by atoms with E-state index < -0.39 is 11.6 Å². The van der Waals surface area contributed by atoms with Crippen molar-refractivity contribution in [1.29, 1.82) is 0 Å². The van der Waals surface area contributed by atoms with Crippen molar-refractivity contribution in [3.63, 3.8) is 0 Å². The third kappa shape index (κ3) is 5.22. The zero-order chi connectivity index (χ0) is 25.3. The van der Waals surface area contributed by atoms with Crippen LogP contribution in [-0.2, 0) is 16.0 Å². The van der Waals surface area contributed by atoms with Crippen molar-refractivity contribution in [2.24, 2.45) is 16.6 Å². The van der Waals surface area contributed by atoms with Gasteiger partial charge in [-0.15, -0.1) is 0 Å². The van der Waals surface area contributed by atoms with Gasteiger partial charge in [0.2, 0.25) is 5.91 Å². The van der Waals surface area contributed by atoms with E-state index in [2.05, 4.69) is 10.3 Å². The van der Waals surface area contributed by atoms with Gasteiger partial charge in [-0.1, -0.05) is 25.1 Å². The Bertz CT molecular complexity index is 1160. The Kier molecular flexibility index (Phi) is 6.94. The SMILES string of the molecule is COCC[C@H](c1cccc(C(=O)N[C@@H]2c3cc(F)ccc3C[C@H]2C)c1)N1C(=O)CC(C)(C)N=C1N. The number of nitrogens with zero attached hydrogens (tertiary/aromatic N) is 2. The van der Waals surface area contributed by atoms with Crippen LogP contribution in [0.3, 0.4) is 0 Å². The predicted molar refractivity (Wildman–Crippen MR) is 132 cm³/mol. The minimum atomic E-state index is -0.557. The van der Waals surface area contributed by atoms with E-state index in [0.29, 0.717) is 18.6 Å². The Morgan fingerprint density at radius 2 is 2.09 bits per heavy atom. The molecule has 0 saturated carbocycles. The lowest BCUT2D eigenvalue weighted by Gasteiger charge is -2.38. The van der Waals surface area contributed by atoms with Gasteiger partial charge in [0.25, 0.3) is 5.91 Å². The Hall–Kier alpha value is -3.26. The largest absolute Gasteiger partial charge is 0.385 e. The number of amides is 2. The molecule has 0 bridgehead atoms. The molecule has 2 aromatic rings. The van der Waals surface area contributed by atoms with Crippen molar-refractivity contribution < 1.29 is 18.7 Å². The smallest absolute Gasteiger partial charge is 0.251 e. The topological polar surface area (TPSA) is 97.0 Å². The lowest BCUT2D eigenvalue weighted by molar-refractivity contribution is -0.131. The molecule has 1 aliphatic heterocycles. The number of guanidine groups is 1. The summed E-state index contributed by atoms with van der Waals surface area (Å²) in [5, 5.41) is 3.09. The third-order valence-electron chi connectivity index (χ3n) is 6.80. The van der Waals surface area contributed by atoms with Gasteiger partial charge >= 0.3 is 0 Å². The highest BCUT2D eigenvalue weighted by Gasteiger charge is 2.37. The number of hydrogen-bond donors (Lipinski definition) is 2. The lowest BCUT2D eigenvalue weighted by atomic mass is 9.94. The summed E-state index contributed by atoms with van der Waals surface area (Å²) in [6.45, 7) is 6.20. The number of carbonyl (C=O) groups is 2. The Labute approximate surface area is 205 Å². The molecule has 7 nitrogen and oxygen atoms in total. The van der Waals surface area contributed by atoms with Gasteiger partial charge in [-0.05, 0) is 73.6 Å². The minimum Gasteiger partial charge on any atom is -0.385 e. The van der Waals surface area contributed by atoms with E-state index >= 15 is 0 Å². The monoisotopic (exact) mass is 480 g/mol. The van der Waals surface area contributed by atoms with E-state index in [1.165, 1.54) is 17.0 Å². The molecule has 0 aromatic heterocycles. The van der Waals surface area contributed by atoms with Crippen LogP contribution in [0.4, 0.5) is 4.39 Å². The third-order valence-corrected chi connectivity index (χ3v) is 6.80. The Balaban J connectivity index is 1.61. The molecule has 8 heteroatoms. The molecule has 0 radical (unpaired) electrons. The van der Waals surface area contributed by atoms with Crippen molar-refractivity contribution in [3.05, 3.63) is 70.5 Å². The molecule has 35 heavy (non-hydrogen) atoms. The van der Waals surface area contributed by atoms with Crippen LogP contribution in [0.2, 0.25) is 0 Å². The first-order valence-electron chi connectivity index (χ1n) is 11.9. The fourth-order valence-corrected chi connectivity index (χ4v) is 5.14. The van der Waals surface area contributed by atoms with E-state index in [1.54, 1.807) is 31.4 Å². The highest BCUT2D eigenvalue weighted by Crippen LogP contribution is 2.37. The van der Waals surface area contributed by atoms with Crippen molar-refractivity contribution >= 4 is 17.8 Å². The molecule has 1 heterocycles. The van der Waals surface area contributed by atoms with E-state index in [4.69, 9.17) is 10.5 Å². The average Bonchev–Trinajstić information content (AvgIpc) is 3.09. The molecule has 2 amide bonds. The molecule has 186 valence electrons. The van der Waals surface area contributed by atoms with E-state index in [0.717, 1.165) is 23.1 Å². The van der Waals surface area contributed by atoms with Gasteiger partial charge in [0, 0.05) is 19.3 Å². The maximum absolute atomic E-state index is 13.9. The molecule has 4 rings (SSSR count). The fourth-order valence-electron chi connectivity index (χ4n) is 5.14. The molecular weight excluding hydrogens is 447 g/mol. The number of nitrogens with one attached hydrogen (secondary N) is 1. The van der Waals surface area contributed by atoms with Crippen LogP contribution in [-0.4, -0.2) is 41.9 Å². The molecular formula is C27H33FN4O3. The van der Waals surface area contributed by atoms with Crippen LogP contribution >= 0.6 is 0 Å². The van der Waals surface area contributed by atoms with Crippen LogP contribution in [0.1, 0.15) is 72.7 Å². The maximum Gasteiger partial charge on any atom is 0.251 e. The number of rotatable bonds is 7. The average molecular weight is 481 g/mol. The number of aliphatic imine (C=N–C) groups is 1. The van der Waals surface area contributed by atoms with Gasteiger partial charge < -0.3 is 15.8 Å². The summed E-state index contributed by atoms with van der Waals surface area (Å²) in [7, 11) is 1.60. The van der Waals surface area contributed by atoms with Crippen LogP contribution in [0.15, 0.2) is 47.5 Å². The van der Waals surface area contributed by atoms with Crippen molar-refractivity contribution in [2.45, 2.75) is 57.7 Å². The normalized spacial score (nSPS) is 21.9. The highest BCUT2D eigenvalue weighted by molar-refractivity contribution is 5.99. The first-order valence-corrected chi connectivity index (χ1v) is 11.9. The predicted octanol–water partition coefficient (Wildman–Crippen LogP) is 3.89. The zero-order valence-electron chi connectivity index (χ0n) is 20.7. The van der Waals surface area contributed by atoms with Crippen LogP contribution in [0, 0.1) is 11.7 Å². The molecule has 3 N–H and O–H groups in total. The summed E-state index contributed by atoms with van der Waals surface area (Å²) in [6, 6.07) is 11.2. The second-order valence-electron chi connectivity index (χ2n) is 10.1. The Morgan fingerprint density at radius 1 is 1.31 bits per heavy atom. The molecule has 2 aromatic carbocycles. The van der Waals surface area contributed by atoms with Gasteiger partial charge in [-0.3, -0.25) is 14.5 Å². The minimum absolute atomic E-state index is 0.114. The molecule has 0 fully saturated rings. The van der Waals surface area contributed by atoms with Gasteiger partial charge in [-0.2, -0.15) is 0 Å². The summed E-state index contributed by atoms with van der Waals surface area (Å²) in [4.78, 5) is 32.3. The summed E-state index contributed by atoms with van der Waals surface area (Å²) < 4.78 is 19.2. The van der Waals surface area contributed by atoms with Crippen molar-refractivity contribution in [3.8, 4) is 0 Å². The quantitative estimate of drug-likeness (QED) is 0.628. The number of fused-ring (bicyclic) bond motifs is 1. The maximum atomic E-state index is 13.9. The number of halogens is 1. The summed E-state index contributed by atoms with van der Waals surface area (Å²) in [5.74, 6) is -0.357. The summed E-state index contributed by atoms with van der Waals surface area (Å²) in [6.07, 6.45) is 1.52. The number of methoxy groups -OCH3 is 1. The highest BCUT2D eigenvalue weighted by atomic mass is 19.1. The number of benzene rings is 2. The number of hydrogen-bond acceptors (Lipinski definition) is 5. The number of nitrogens with two attached hydrogens (primary N) is 1. The first kappa shape index (κ1) is 24.9. The van der Waals surface area contributed by atoms with Gasteiger partial charge in [-0.25, -0.2) is 9.38 Å².